The van der Waals surface area contributed by atoms with Crippen LogP contribution in [0.1, 0.15) is 89.3 Å². The Morgan fingerprint density at radius 2 is 1.78 bits per heavy atom. The third-order valence-electron chi connectivity index (χ3n) is 5.31. The number of pyridine rings is 1. The lowest BCUT2D eigenvalue weighted by Gasteiger charge is -2.29. The molecule has 0 unspecified atom stereocenters. The van der Waals surface area contributed by atoms with Gasteiger partial charge in [-0.25, -0.2) is 0 Å². The first-order valence-electron chi connectivity index (χ1n) is 9.85. The predicted octanol–water partition coefficient (Wildman–Crippen LogP) is 6.25. The number of hydrogen-bond donors (Lipinski definition) is 0. The topological polar surface area (TPSA) is 22.1 Å². The van der Waals surface area contributed by atoms with Crippen LogP contribution in [-0.2, 0) is 6.42 Å². The molecule has 0 aromatic carbocycles. The summed E-state index contributed by atoms with van der Waals surface area (Å²) in [6.45, 7) is 6.57. The van der Waals surface area contributed by atoms with Crippen molar-refractivity contribution >= 4 is 0 Å². The van der Waals surface area contributed by atoms with E-state index in [1.54, 1.807) is 0 Å². The van der Waals surface area contributed by atoms with Crippen molar-refractivity contribution in [1.29, 1.82) is 0 Å². The monoisotopic (exact) mass is 317 g/mol. The molecule has 0 aliphatic heterocycles. The zero-order chi connectivity index (χ0) is 16.5. The van der Waals surface area contributed by atoms with Gasteiger partial charge in [0, 0.05) is 5.69 Å². The molecule has 0 bridgehead atoms. The van der Waals surface area contributed by atoms with E-state index in [1.807, 2.05) is 6.20 Å². The Bertz CT molecular complexity index is 449. The van der Waals surface area contributed by atoms with Crippen LogP contribution in [0.15, 0.2) is 12.3 Å². The van der Waals surface area contributed by atoms with Gasteiger partial charge in [-0.2, -0.15) is 0 Å². The standard InChI is InChI=1S/C21H35NO/c1-4-6-7-8-9-10-18-11-13-19(14-12-18)23-20-15-17(3)21(5-2)22-16-20/h15-16,18-19H,4-14H2,1-3H3. The smallest absolute Gasteiger partial charge is 0.138 e. The zero-order valence-corrected chi connectivity index (χ0v) is 15.4. The molecular formula is C21H35NO. The molecule has 1 fully saturated rings. The second kappa shape index (κ2) is 9.95. The lowest BCUT2D eigenvalue weighted by molar-refractivity contribution is 0.127. The molecule has 1 aliphatic carbocycles. The third-order valence-corrected chi connectivity index (χ3v) is 5.31. The molecule has 2 heteroatoms. The molecule has 2 rings (SSSR count). The molecule has 0 atom stereocenters. The molecule has 1 heterocycles. The molecular weight excluding hydrogens is 282 g/mol. The number of aryl methyl sites for hydroxylation is 2. The average molecular weight is 318 g/mol. The maximum Gasteiger partial charge on any atom is 0.138 e. The van der Waals surface area contributed by atoms with E-state index in [0.29, 0.717) is 6.10 Å². The van der Waals surface area contributed by atoms with Crippen LogP contribution in [0.5, 0.6) is 5.75 Å². The number of ether oxygens (including phenoxy) is 1. The van der Waals surface area contributed by atoms with Gasteiger partial charge in [0.1, 0.15) is 5.75 Å². The van der Waals surface area contributed by atoms with Crippen molar-refractivity contribution in [3.63, 3.8) is 0 Å². The van der Waals surface area contributed by atoms with Crippen LogP contribution in [0, 0.1) is 12.8 Å². The second-order valence-corrected chi connectivity index (χ2v) is 7.25. The number of hydrogen-bond acceptors (Lipinski definition) is 2. The molecule has 1 aromatic rings. The van der Waals surface area contributed by atoms with Gasteiger partial charge in [0.05, 0.1) is 12.3 Å². The average Bonchev–Trinajstić information content (AvgIpc) is 2.56. The van der Waals surface area contributed by atoms with E-state index < -0.39 is 0 Å². The summed E-state index contributed by atoms with van der Waals surface area (Å²) in [6, 6.07) is 2.16. The minimum Gasteiger partial charge on any atom is -0.489 e. The summed E-state index contributed by atoms with van der Waals surface area (Å²) in [5.41, 5.74) is 2.44. The molecule has 23 heavy (non-hydrogen) atoms. The number of unbranched alkanes of at least 4 members (excludes halogenated alkanes) is 4. The number of aromatic nitrogens is 1. The highest BCUT2D eigenvalue weighted by atomic mass is 16.5. The van der Waals surface area contributed by atoms with Crippen molar-refractivity contribution in [2.75, 3.05) is 0 Å². The van der Waals surface area contributed by atoms with Gasteiger partial charge in [-0.15, -0.1) is 0 Å². The second-order valence-electron chi connectivity index (χ2n) is 7.25. The van der Waals surface area contributed by atoms with E-state index in [0.717, 1.165) is 18.1 Å². The Kier molecular flexibility index (Phi) is 7.91. The summed E-state index contributed by atoms with van der Waals surface area (Å²) in [5.74, 6) is 1.90. The van der Waals surface area contributed by atoms with Crippen molar-refractivity contribution in [2.45, 2.75) is 97.5 Å². The molecule has 0 amide bonds. The Morgan fingerprint density at radius 1 is 1.04 bits per heavy atom. The molecule has 0 saturated heterocycles. The lowest BCUT2D eigenvalue weighted by atomic mass is 9.84. The van der Waals surface area contributed by atoms with Gasteiger partial charge in [-0.05, 0) is 56.6 Å². The van der Waals surface area contributed by atoms with Crippen molar-refractivity contribution in [3.05, 3.63) is 23.5 Å². The first kappa shape index (κ1) is 18.3. The van der Waals surface area contributed by atoms with E-state index in [-0.39, 0.29) is 0 Å². The number of rotatable bonds is 9. The van der Waals surface area contributed by atoms with Gasteiger partial charge in [0.2, 0.25) is 0 Å². The maximum atomic E-state index is 6.18. The minimum atomic E-state index is 0.403. The summed E-state index contributed by atoms with van der Waals surface area (Å²) in [4.78, 5) is 4.52. The fourth-order valence-corrected chi connectivity index (χ4v) is 3.78. The predicted molar refractivity (Wildman–Crippen MR) is 98.1 cm³/mol. The van der Waals surface area contributed by atoms with Crippen LogP contribution in [0.2, 0.25) is 0 Å². The molecule has 2 nitrogen and oxygen atoms in total. The summed E-state index contributed by atoms with van der Waals surface area (Å²) in [5, 5.41) is 0. The molecule has 0 spiro atoms. The van der Waals surface area contributed by atoms with Crippen LogP contribution in [0.25, 0.3) is 0 Å². The molecule has 0 N–H and O–H groups in total. The lowest BCUT2D eigenvalue weighted by Crippen LogP contribution is -2.24. The van der Waals surface area contributed by atoms with Crippen molar-refractivity contribution in [2.24, 2.45) is 5.92 Å². The maximum absolute atomic E-state index is 6.18. The first-order chi connectivity index (χ1) is 11.2. The fraction of sp³-hybridized carbons (Fsp3) is 0.762. The van der Waals surface area contributed by atoms with E-state index in [9.17, 15) is 0 Å². The Labute approximate surface area is 143 Å². The van der Waals surface area contributed by atoms with Crippen LogP contribution in [0.4, 0.5) is 0 Å². The van der Waals surface area contributed by atoms with Crippen molar-refractivity contribution in [1.82, 2.24) is 4.98 Å². The molecule has 1 aliphatic rings. The summed E-state index contributed by atoms with van der Waals surface area (Å²) >= 11 is 0. The minimum absolute atomic E-state index is 0.403. The summed E-state index contributed by atoms with van der Waals surface area (Å²) in [7, 11) is 0. The van der Waals surface area contributed by atoms with Gasteiger partial charge < -0.3 is 4.74 Å². The Morgan fingerprint density at radius 3 is 2.43 bits per heavy atom. The van der Waals surface area contributed by atoms with Gasteiger partial charge >= 0.3 is 0 Å². The Balaban J connectivity index is 1.67. The highest BCUT2D eigenvalue weighted by Gasteiger charge is 2.22. The van der Waals surface area contributed by atoms with Crippen LogP contribution >= 0.6 is 0 Å². The quantitative estimate of drug-likeness (QED) is 0.502. The Hall–Kier alpha value is -1.05. The van der Waals surface area contributed by atoms with Crippen LogP contribution < -0.4 is 4.74 Å². The number of nitrogens with zero attached hydrogens (tertiary/aromatic N) is 1. The summed E-state index contributed by atoms with van der Waals surface area (Å²) < 4.78 is 6.18. The van der Waals surface area contributed by atoms with E-state index in [1.165, 1.54) is 75.5 Å². The van der Waals surface area contributed by atoms with Crippen LogP contribution in [-0.4, -0.2) is 11.1 Å². The van der Waals surface area contributed by atoms with Crippen molar-refractivity contribution < 1.29 is 4.74 Å². The molecule has 0 radical (unpaired) electrons. The van der Waals surface area contributed by atoms with Gasteiger partial charge in [-0.3, -0.25) is 4.98 Å². The van der Waals surface area contributed by atoms with E-state index in [2.05, 4.69) is 31.8 Å². The van der Waals surface area contributed by atoms with E-state index in [4.69, 9.17) is 4.74 Å². The van der Waals surface area contributed by atoms with Gasteiger partial charge in [0.25, 0.3) is 0 Å². The normalized spacial score (nSPS) is 21.3. The van der Waals surface area contributed by atoms with Crippen LogP contribution in [0.3, 0.4) is 0 Å². The molecule has 130 valence electrons. The largest absolute Gasteiger partial charge is 0.489 e. The summed E-state index contributed by atoms with van der Waals surface area (Å²) in [6.07, 6.45) is 16.9. The molecule has 1 aromatic heterocycles. The van der Waals surface area contributed by atoms with Crippen molar-refractivity contribution in [3.8, 4) is 5.75 Å². The molecule has 1 saturated carbocycles. The first-order valence-corrected chi connectivity index (χ1v) is 9.85. The van der Waals surface area contributed by atoms with E-state index >= 15 is 0 Å². The third kappa shape index (κ3) is 6.16. The van der Waals surface area contributed by atoms with Gasteiger partial charge in [-0.1, -0.05) is 52.4 Å². The highest BCUT2D eigenvalue weighted by molar-refractivity contribution is 5.28. The highest BCUT2D eigenvalue weighted by Crippen LogP contribution is 2.31. The fourth-order valence-electron chi connectivity index (χ4n) is 3.78. The zero-order valence-electron chi connectivity index (χ0n) is 15.4. The SMILES string of the molecule is CCCCCCCC1CCC(Oc2cnc(CC)c(C)c2)CC1. The van der Waals surface area contributed by atoms with Gasteiger partial charge in [0.15, 0.2) is 0 Å².